The van der Waals surface area contributed by atoms with Crippen molar-refractivity contribution in [2.24, 2.45) is 0 Å². The fourth-order valence-corrected chi connectivity index (χ4v) is 2.71. The first-order chi connectivity index (χ1) is 10.6. The third-order valence-corrected chi connectivity index (χ3v) is 4.52. The van der Waals surface area contributed by atoms with Gasteiger partial charge in [-0.1, -0.05) is 61.1 Å². The molecule has 1 rings (SSSR count). The molecular formula is C16H22ClNO2S2. The second kappa shape index (κ2) is 11.7. The minimum absolute atomic E-state index is 0.117. The largest absolute Gasteiger partial charge is 0.466 e. The maximum Gasteiger partial charge on any atom is 0.305 e. The maximum atomic E-state index is 11.4. The van der Waals surface area contributed by atoms with Crippen molar-refractivity contribution < 1.29 is 9.53 Å². The second-order valence-corrected chi connectivity index (χ2v) is 7.00. The Labute approximate surface area is 147 Å². The molecule has 0 spiro atoms. The number of nitrogens with one attached hydrogen (secondary N) is 1. The van der Waals surface area contributed by atoms with Gasteiger partial charge in [-0.25, -0.2) is 0 Å². The van der Waals surface area contributed by atoms with Crippen LogP contribution in [0.4, 0.5) is 0 Å². The van der Waals surface area contributed by atoms with E-state index in [2.05, 4.69) is 12.2 Å². The summed E-state index contributed by atoms with van der Waals surface area (Å²) in [6.07, 6.45) is 3.20. The topological polar surface area (TPSA) is 38.3 Å². The Balaban J connectivity index is 2.06. The smallest absolute Gasteiger partial charge is 0.305 e. The summed E-state index contributed by atoms with van der Waals surface area (Å²) in [4.78, 5) is 11.4. The van der Waals surface area contributed by atoms with E-state index in [1.54, 1.807) is 11.8 Å². The Kier molecular flexibility index (Phi) is 10.3. The molecule has 3 nitrogen and oxygen atoms in total. The molecule has 22 heavy (non-hydrogen) atoms. The van der Waals surface area contributed by atoms with Gasteiger partial charge in [-0.2, -0.15) is 0 Å². The van der Waals surface area contributed by atoms with Crippen LogP contribution in [0, 0.1) is 0 Å². The highest BCUT2D eigenvalue weighted by atomic mass is 35.5. The molecule has 122 valence electrons. The minimum Gasteiger partial charge on any atom is -0.466 e. The van der Waals surface area contributed by atoms with Crippen molar-refractivity contribution in [1.29, 1.82) is 0 Å². The second-order valence-electron chi connectivity index (χ2n) is 4.79. The van der Waals surface area contributed by atoms with Crippen molar-refractivity contribution in [2.75, 3.05) is 12.4 Å². The first-order valence-corrected chi connectivity index (χ1v) is 9.19. The van der Waals surface area contributed by atoms with Gasteiger partial charge >= 0.3 is 5.97 Å². The van der Waals surface area contributed by atoms with Crippen molar-refractivity contribution >= 4 is 45.9 Å². The van der Waals surface area contributed by atoms with Crippen LogP contribution in [0.2, 0.25) is 5.02 Å². The number of halogens is 1. The highest BCUT2D eigenvalue weighted by molar-refractivity contribution is 8.22. The summed E-state index contributed by atoms with van der Waals surface area (Å²) in [5, 5.41) is 3.91. The lowest BCUT2D eigenvalue weighted by molar-refractivity contribution is -0.143. The number of carbonyl (C=O) groups is 1. The number of unbranched alkanes of at least 4 members (excludes halogenated alkanes) is 1. The maximum absolute atomic E-state index is 11.4. The van der Waals surface area contributed by atoms with Gasteiger partial charge < -0.3 is 10.1 Å². The molecule has 0 aliphatic carbocycles. The quantitative estimate of drug-likeness (QED) is 0.397. The van der Waals surface area contributed by atoms with Crippen LogP contribution >= 0.6 is 35.6 Å². The number of benzene rings is 1. The molecule has 0 fully saturated rings. The molecule has 1 aromatic rings. The van der Waals surface area contributed by atoms with E-state index in [1.807, 2.05) is 24.3 Å². The van der Waals surface area contributed by atoms with Crippen molar-refractivity contribution in [3.63, 3.8) is 0 Å². The zero-order chi connectivity index (χ0) is 16.2. The molecular weight excluding hydrogens is 338 g/mol. The third-order valence-electron chi connectivity index (χ3n) is 2.87. The molecule has 0 aliphatic rings. The van der Waals surface area contributed by atoms with E-state index in [4.69, 9.17) is 28.6 Å². The van der Waals surface area contributed by atoms with Gasteiger partial charge in [0.15, 0.2) is 0 Å². The molecule has 0 saturated carbocycles. The highest BCUT2D eigenvalue weighted by Crippen LogP contribution is 2.11. The van der Waals surface area contributed by atoms with Crippen LogP contribution in [-0.2, 0) is 16.1 Å². The van der Waals surface area contributed by atoms with Crippen LogP contribution in [-0.4, -0.2) is 22.6 Å². The molecule has 1 aromatic carbocycles. The molecule has 0 atom stereocenters. The number of ether oxygens (including phenoxy) is 1. The fourth-order valence-electron chi connectivity index (χ4n) is 1.61. The van der Waals surface area contributed by atoms with Gasteiger partial charge in [0, 0.05) is 23.7 Å². The van der Waals surface area contributed by atoms with Crippen LogP contribution in [0.5, 0.6) is 0 Å². The average molecular weight is 360 g/mol. The normalized spacial score (nSPS) is 10.3. The summed E-state index contributed by atoms with van der Waals surface area (Å²) >= 11 is 12.6. The lowest BCUT2D eigenvalue weighted by Gasteiger charge is -2.08. The number of carbonyl (C=O) groups excluding carboxylic acids is 1. The zero-order valence-electron chi connectivity index (χ0n) is 12.8. The molecule has 0 amide bonds. The summed E-state index contributed by atoms with van der Waals surface area (Å²) in [6.45, 7) is 3.29. The summed E-state index contributed by atoms with van der Waals surface area (Å²) in [7, 11) is 0. The highest BCUT2D eigenvalue weighted by Gasteiger charge is 2.03. The van der Waals surface area contributed by atoms with Crippen molar-refractivity contribution in [3.05, 3.63) is 34.9 Å². The lowest BCUT2D eigenvalue weighted by Crippen LogP contribution is -2.18. The molecule has 6 heteroatoms. The number of thiocarbonyl (C=S) groups is 1. The zero-order valence-corrected chi connectivity index (χ0v) is 15.2. The standard InChI is InChI=1S/C16H22ClNO2S2/c1-2-3-10-20-15(19)5-4-11-22-16(21)18-12-13-6-8-14(17)9-7-13/h6-9H,2-5,10-12H2,1H3,(H,18,21). The SMILES string of the molecule is CCCCOC(=O)CCCSC(=S)NCc1ccc(Cl)cc1. The van der Waals surface area contributed by atoms with Gasteiger partial charge in [0.25, 0.3) is 0 Å². The predicted molar refractivity (Wildman–Crippen MR) is 98.4 cm³/mol. The number of hydrogen-bond donors (Lipinski definition) is 1. The number of rotatable bonds is 9. The molecule has 0 bridgehead atoms. The Morgan fingerprint density at radius 1 is 1.32 bits per heavy atom. The first kappa shape index (κ1) is 19.3. The van der Waals surface area contributed by atoms with Crippen LogP contribution in [0.15, 0.2) is 24.3 Å². The van der Waals surface area contributed by atoms with E-state index in [9.17, 15) is 4.79 Å². The van der Waals surface area contributed by atoms with Crippen LogP contribution in [0.1, 0.15) is 38.2 Å². The summed E-state index contributed by atoms with van der Waals surface area (Å²) < 4.78 is 5.84. The molecule has 1 N–H and O–H groups in total. The van der Waals surface area contributed by atoms with Gasteiger partial charge in [-0.15, -0.1) is 0 Å². The summed E-state index contributed by atoms with van der Waals surface area (Å²) in [6, 6.07) is 7.65. The summed E-state index contributed by atoms with van der Waals surface area (Å²) in [5.41, 5.74) is 1.13. The van der Waals surface area contributed by atoms with Crippen molar-refractivity contribution in [2.45, 2.75) is 39.2 Å². The molecule has 0 aliphatic heterocycles. The molecule has 0 heterocycles. The van der Waals surface area contributed by atoms with Gasteiger partial charge in [0.05, 0.1) is 6.61 Å². The van der Waals surface area contributed by atoms with Gasteiger partial charge in [-0.05, 0) is 30.5 Å². The van der Waals surface area contributed by atoms with Gasteiger partial charge in [-0.3, -0.25) is 4.79 Å². The van der Waals surface area contributed by atoms with E-state index in [0.29, 0.717) is 19.6 Å². The first-order valence-electron chi connectivity index (χ1n) is 7.42. The van der Waals surface area contributed by atoms with E-state index in [1.165, 1.54) is 0 Å². The van der Waals surface area contributed by atoms with Crippen LogP contribution in [0.3, 0.4) is 0 Å². The van der Waals surface area contributed by atoms with Gasteiger partial charge in [0.1, 0.15) is 4.32 Å². The van der Waals surface area contributed by atoms with Crippen molar-refractivity contribution in [3.8, 4) is 0 Å². The molecule has 0 unspecified atom stereocenters. The Hall–Kier alpha value is -0.780. The van der Waals surface area contributed by atoms with E-state index in [-0.39, 0.29) is 5.97 Å². The predicted octanol–water partition coefficient (Wildman–Crippen LogP) is 4.57. The van der Waals surface area contributed by atoms with E-state index in [0.717, 1.165) is 39.9 Å². The molecule has 0 radical (unpaired) electrons. The Bertz CT molecular complexity index is 466. The van der Waals surface area contributed by atoms with Crippen molar-refractivity contribution in [1.82, 2.24) is 5.32 Å². The number of hydrogen-bond acceptors (Lipinski definition) is 4. The monoisotopic (exact) mass is 359 g/mol. The van der Waals surface area contributed by atoms with Crippen LogP contribution in [0.25, 0.3) is 0 Å². The fraction of sp³-hybridized carbons (Fsp3) is 0.500. The third kappa shape index (κ3) is 9.28. The molecule has 0 aromatic heterocycles. The van der Waals surface area contributed by atoms with E-state index < -0.39 is 0 Å². The minimum atomic E-state index is -0.117. The Morgan fingerprint density at radius 3 is 2.73 bits per heavy atom. The number of esters is 1. The van der Waals surface area contributed by atoms with Gasteiger partial charge in [0.2, 0.25) is 0 Å². The summed E-state index contributed by atoms with van der Waals surface area (Å²) in [5.74, 6) is 0.698. The Morgan fingerprint density at radius 2 is 2.05 bits per heavy atom. The molecule has 0 saturated heterocycles. The lowest BCUT2D eigenvalue weighted by atomic mass is 10.2. The van der Waals surface area contributed by atoms with E-state index >= 15 is 0 Å². The average Bonchev–Trinajstić information content (AvgIpc) is 2.51. The number of thioether (sulfide) groups is 1. The van der Waals surface area contributed by atoms with Crippen LogP contribution < -0.4 is 5.32 Å².